The quantitative estimate of drug-likeness (QED) is 0.873. The Hall–Kier alpha value is -1.65. The van der Waals surface area contributed by atoms with Gasteiger partial charge in [0.1, 0.15) is 0 Å². The molecule has 110 valence electrons. The second-order valence-corrected chi connectivity index (χ2v) is 5.99. The average molecular weight is 347 g/mol. The van der Waals surface area contributed by atoms with Crippen molar-refractivity contribution in [3.8, 4) is 0 Å². The molecule has 0 saturated carbocycles. The molecule has 0 fully saturated rings. The number of hydrogen-bond acceptors (Lipinski definition) is 2. The zero-order valence-electron chi connectivity index (χ0n) is 11.9. The van der Waals surface area contributed by atoms with Crippen LogP contribution < -0.4 is 11.1 Å². The summed E-state index contributed by atoms with van der Waals surface area (Å²) in [5, 5.41) is 2.96. The molecule has 0 unspecified atom stereocenters. The first-order chi connectivity index (χ1) is 10.1. The van der Waals surface area contributed by atoms with E-state index in [1.165, 1.54) is 0 Å². The van der Waals surface area contributed by atoms with Crippen LogP contribution in [0.15, 0.2) is 59.1 Å². The van der Waals surface area contributed by atoms with E-state index in [9.17, 15) is 4.79 Å². The van der Waals surface area contributed by atoms with Gasteiger partial charge in [-0.1, -0.05) is 58.4 Å². The molecule has 21 heavy (non-hydrogen) atoms. The molecule has 0 aliphatic carbocycles. The van der Waals surface area contributed by atoms with E-state index >= 15 is 0 Å². The first-order valence-electron chi connectivity index (χ1n) is 6.91. The summed E-state index contributed by atoms with van der Waals surface area (Å²) >= 11 is 3.40. The van der Waals surface area contributed by atoms with Gasteiger partial charge < -0.3 is 11.1 Å². The van der Waals surface area contributed by atoms with Crippen molar-refractivity contribution in [2.24, 2.45) is 5.73 Å². The minimum Gasteiger partial charge on any atom is -0.348 e. The Bertz CT molecular complexity index is 583. The lowest BCUT2D eigenvalue weighted by molar-refractivity contribution is -0.123. The van der Waals surface area contributed by atoms with E-state index in [-0.39, 0.29) is 11.9 Å². The van der Waals surface area contributed by atoms with Gasteiger partial charge in [-0.2, -0.15) is 0 Å². The van der Waals surface area contributed by atoms with Crippen molar-refractivity contribution in [3.05, 3.63) is 70.2 Å². The van der Waals surface area contributed by atoms with Crippen LogP contribution >= 0.6 is 15.9 Å². The van der Waals surface area contributed by atoms with Crippen molar-refractivity contribution >= 4 is 21.8 Å². The van der Waals surface area contributed by atoms with Gasteiger partial charge in [0.05, 0.1) is 12.1 Å². The molecule has 0 aromatic heterocycles. The SMILES string of the molecule is C[C@@H](NC(=O)[C@@H](N)Cc1ccccc1)c1ccc(Br)cc1. The van der Waals surface area contributed by atoms with Crippen molar-refractivity contribution in [2.75, 3.05) is 0 Å². The molecule has 3 N–H and O–H groups in total. The van der Waals surface area contributed by atoms with Crippen molar-refractivity contribution < 1.29 is 4.79 Å². The third-order valence-corrected chi connectivity index (χ3v) is 3.89. The highest BCUT2D eigenvalue weighted by molar-refractivity contribution is 9.10. The Morgan fingerprint density at radius 3 is 2.38 bits per heavy atom. The number of amides is 1. The van der Waals surface area contributed by atoms with Crippen LogP contribution in [0, 0.1) is 0 Å². The maximum atomic E-state index is 12.2. The first kappa shape index (κ1) is 15.7. The predicted octanol–water partition coefficient (Wildman–Crippen LogP) is 3.20. The van der Waals surface area contributed by atoms with Crippen LogP contribution in [0.4, 0.5) is 0 Å². The molecule has 0 aliphatic heterocycles. The highest BCUT2D eigenvalue weighted by Gasteiger charge is 2.16. The Kier molecular flexibility index (Phi) is 5.53. The smallest absolute Gasteiger partial charge is 0.237 e. The summed E-state index contributed by atoms with van der Waals surface area (Å²) in [7, 11) is 0. The van der Waals surface area contributed by atoms with Gasteiger partial charge in [0.25, 0.3) is 0 Å². The summed E-state index contributed by atoms with van der Waals surface area (Å²) in [6, 6.07) is 17.1. The van der Waals surface area contributed by atoms with E-state index in [4.69, 9.17) is 5.73 Å². The van der Waals surface area contributed by atoms with Crippen LogP contribution in [0.1, 0.15) is 24.1 Å². The normalized spacial score (nSPS) is 13.5. The lowest BCUT2D eigenvalue weighted by Crippen LogP contribution is -2.42. The van der Waals surface area contributed by atoms with Gasteiger partial charge in [-0.15, -0.1) is 0 Å². The number of nitrogens with two attached hydrogens (primary N) is 1. The Morgan fingerprint density at radius 1 is 1.14 bits per heavy atom. The van der Waals surface area contributed by atoms with E-state index in [2.05, 4.69) is 21.2 Å². The topological polar surface area (TPSA) is 55.1 Å². The molecule has 1 amide bonds. The number of carbonyl (C=O) groups is 1. The number of benzene rings is 2. The molecule has 0 bridgehead atoms. The van der Waals surface area contributed by atoms with Crippen molar-refractivity contribution in [1.82, 2.24) is 5.32 Å². The summed E-state index contributed by atoms with van der Waals surface area (Å²) in [6.45, 7) is 1.95. The van der Waals surface area contributed by atoms with Gasteiger partial charge in [0.15, 0.2) is 0 Å². The molecule has 3 nitrogen and oxygen atoms in total. The van der Waals surface area contributed by atoms with Crippen LogP contribution in [0.3, 0.4) is 0 Å². The Balaban J connectivity index is 1.92. The third kappa shape index (κ3) is 4.69. The Labute approximate surface area is 133 Å². The summed E-state index contributed by atoms with van der Waals surface area (Å²) < 4.78 is 1.02. The largest absolute Gasteiger partial charge is 0.348 e. The lowest BCUT2D eigenvalue weighted by atomic mass is 10.0. The number of nitrogens with one attached hydrogen (secondary N) is 1. The fourth-order valence-corrected chi connectivity index (χ4v) is 2.38. The second-order valence-electron chi connectivity index (χ2n) is 5.08. The molecule has 2 atom stereocenters. The molecule has 0 radical (unpaired) electrons. The molecular formula is C17H19BrN2O. The zero-order valence-corrected chi connectivity index (χ0v) is 13.5. The van der Waals surface area contributed by atoms with Gasteiger partial charge >= 0.3 is 0 Å². The lowest BCUT2D eigenvalue weighted by Gasteiger charge is -2.18. The third-order valence-electron chi connectivity index (χ3n) is 3.36. The van der Waals surface area contributed by atoms with E-state index in [0.717, 1.165) is 15.6 Å². The van der Waals surface area contributed by atoms with E-state index < -0.39 is 6.04 Å². The summed E-state index contributed by atoms with van der Waals surface area (Å²) in [5.74, 6) is -0.130. The predicted molar refractivity (Wildman–Crippen MR) is 88.8 cm³/mol. The minimum absolute atomic E-state index is 0.0626. The van der Waals surface area contributed by atoms with Crippen LogP contribution in [0.5, 0.6) is 0 Å². The maximum Gasteiger partial charge on any atom is 0.237 e. The standard InChI is InChI=1S/C17H19BrN2O/c1-12(14-7-9-15(18)10-8-14)20-17(21)16(19)11-13-5-3-2-4-6-13/h2-10,12,16H,11,19H2,1H3,(H,20,21)/t12-,16+/m1/s1. The number of carbonyl (C=O) groups excluding carboxylic acids is 1. The van der Waals surface area contributed by atoms with Crippen molar-refractivity contribution in [1.29, 1.82) is 0 Å². The van der Waals surface area contributed by atoms with Crippen LogP contribution in [0.25, 0.3) is 0 Å². The molecule has 2 aromatic carbocycles. The van der Waals surface area contributed by atoms with Gasteiger partial charge in [-0.3, -0.25) is 4.79 Å². The number of halogens is 1. The van der Waals surface area contributed by atoms with Crippen LogP contribution in [-0.2, 0) is 11.2 Å². The summed E-state index contributed by atoms with van der Waals surface area (Å²) in [5.41, 5.74) is 8.10. The van der Waals surface area contributed by atoms with E-state index in [1.54, 1.807) is 0 Å². The molecule has 2 aromatic rings. The maximum absolute atomic E-state index is 12.2. The highest BCUT2D eigenvalue weighted by Crippen LogP contribution is 2.16. The first-order valence-corrected chi connectivity index (χ1v) is 7.71. The molecule has 4 heteroatoms. The van der Waals surface area contributed by atoms with E-state index in [0.29, 0.717) is 6.42 Å². The van der Waals surface area contributed by atoms with Gasteiger partial charge in [-0.05, 0) is 36.6 Å². The summed E-state index contributed by atoms with van der Waals surface area (Å²) in [6.07, 6.45) is 0.541. The number of hydrogen-bond donors (Lipinski definition) is 2. The minimum atomic E-state index is -0.537. The second kappa shape index (κ2) is 7.38. The molecule has 0 saturated heterocycles. The fraction of sp³-hybridized carbons (Fsp3) is 0.235. The zero-order chi connectivity index (χ0) is 15.2. The number of rotatable bonds is 5. The Morgan fingerprint density at radius 2 is 1.76 bits per heavy atom. The summed E-state index contributed by atoms with van der Waals surface area (Å²) in [4.78, 5) is 12.2. The van der Waals surface area contributed by atoms with Crippen molar-refractivity contribution in [2.45, 2.75) is 25.4 Å². The highest BCUT2D eigenvalue weighted by atomic mass is 79.9. The van der Waals surface area contributed by atoms with Crippen LogP contribution in [-0.4, -0.2) is 11.9 Å². The molecule has 0 heterocycles. The fourth-order valence-electron chi connectivity index (χ4n) is 2.12. The van der Waals surface area contributed by atoms with Gasteiger partial charge in [0.2, 0.25) is 5.91 Å². The molecule has 2 rings (SSSR count). The van der Waals surface area contributed by atoms with E-state index in [1.807, 2.05) is 61.5 Å². The van der Waals surface area contributed by atoms with Crippen LogP contribution in [0.2, 0.25) is 0 Å². The monoisotopic (exact) mass is 346 g/mol. The molecule has 0 spiro atoms. The van der Waals surface area contributed by atoms with Gasteiger partial charge in [0, 0.05) is 4.47 Å². The molecule has 0 aliphatic rings. The molecular weight excluding hydrogens is 328 g/mol. The van der Waals surface area contributed by atoms with Crippen molar-refractivity contribution in [3.63, 3.8) is 0 Å². The average Bonchev–Trinajstić information content (AvgIpc) is 2.48. The van der Waals surface area contributed by atoms with Gasteiger partial charge in [-0.25, -0.2) is 0 Å².